The van der Waals surface area contributed by atoms with E-state index in [2.05, 4.69) is 0 Å². The Balaban J connectivity index is 1.92. The summed E-state index contributed by atoms with van der Waals surface area (Å²) in [6.07, 6.45) is 6.11. The smallest absolute Gasteiger partial charge is 0.224 e. The van der Waals surface area contributed by atoms with E-state index in [1.165, 1.54) is 19.3 Å². The average molecular weight is 260 g/mol. The molecule has 0 spiro atoms. The molecular weight excluding hydrogens is 240 g/mol. The van der Waals surface area contributed by atoms with E-state index in [-0.39, 0.29) is 18.9 Å². The van der Waals surface area contributed by atoms with Crippen molar-refractivity contribution in [2.75, 3.05) is 13.1 Å². The van der Waals surface area contributed by atoms with Crippen molar-refractivity contribution in [3.05, 3.63) is 0 Å². The normalized spacial score (nSPS) is 27.7. The average Bonchev–Trinajstić information content (AvgIpc) is 2.62. The summed E-state index contributed by atoms with van der Waals surface area (Å²) in [5.41, 5.74) is 0. The quantitative estimate of drug-likeness (QED) is 0.800. The molecule has 1 heterocycles. The number of nitrogens with two attached hydrogens (primary N) is 1. The van der Waals surface area contributed by atoms with Crippen molar-refractivity contribution in [2.45, 2.75) is 43.8 Å². The van der Waals surface area contributed by atoms with Crippen molar-refractivity contribution in [1.29, 1.82) is 0 Å². The van der Waals surface area contributed by atoms with Crippen molar-refractivity contribution in [1.82, 2.24) is 4.90 Å². The Bertz CT molecular complexity index is 388. The van der Waals surface area contributed by atoms with Gasteiger partial charge in [0.15, 0.2) is 0 Å². The first-order valence-electron chi connectivity index (χ1n) is 6.26. The van der Waals surface area contributed by atoms with Crippen LogP contribution in [0.15, 0.2) is 0 Å². The Labute approximate surface area is 102 Å². The summed E-state index contributed by atoms with van der Waals surface area (Å²) in [7, 11) is -3.57. The standard InChI is InChI=1S/C11H20N2O3S/c12-17(15,16)10-6-11(14)13(8-10)7-9-4-2-1-3-5-9/h9-10H,1-8H2,(H2,12,15,16). The van der Waals surface area contributed by atoms with Crippen LogP contribution in [0.5, 0.6) is 0 Å². The summed E-state index contributed by atoms with van der Waals surface area (Å²) >= 11 is 0. The molecule has 1 amide bonds. The van der Waals surface area contributed by atoms with Crippen molar-refractivity contribution in [3.8, 4) is 0 Å². The highest BCUT2D eigenvalue weighted by Crippen LogP contribution is 2.26. The van der Waals surface area contributed by atoms with Crippen molar-refractivity contribution < 1.29 is 13.2 Å². The number of hydrogen-bond donors (Lipinski definition) is 1. The summed E-state index contributed by atoms with van der Waals surface area (Å²) < 4.78 is 22.4. The number of amides is 1. The minimum absolute atomic E-state index is 0.0606. The lowest BCUT2D eigenvalue weighted by Gasteiger charge is -2.26. The maximum Gasteiger partial charge on any atom is 0.224 e. The second-order valence-electron chi connectivity index (χ2n) is 5.22. The van der Waals surface area contributed by atoms with Gasteiger partial charge in [-0.05, 0) is 18.8 Å². The summed E-state index contributed by atoms with van der Waals surface area (Å²) in [4.78, 5) is 13.4. The van der Waals surface area contributed by atoms with Crippen LogP contribution in [0, 0.1) is 5.92 Å². The molecule has 17 heavy (non-hydrogen) atoms. The zero-order chi connectivity index (χ0) is 12.5. The van der Waals surface area contributed by atoms with E-state index in [0.717, 1.165) is 12.8 Å². The van der Waals surface area contributed by atoms with Crippen molar-refractivity contribution >= 4 is 15.9 Å². The zero-order valence-corrected chi connectivity index (χ0v) is 10.8. The molecule has 0 aromatic rings. The highest BCUT2D eigenvalue weighted by Gasteiger charge is 2.37. The monoisotopic (exact) mass is 260 g/mol. The minimum Gasteiger partial charge on any atom is -0.341 e. The molecule has 1 saturated carbocycles. The van der Waals surface area contributed by atoms with E-state index in [4.69, 9.17) is 5.14 Å². The fourth-order valence-corrected chi connectivity index (χ4v) is 3.58. The summed E-state index contributed by atoms with van der Waals surface area (Å²) in [5, 5.41) is 4.40. The number of rotatable bonds is 3. The molecule has 1 atom stereocenters. The second-order valence-corrected chi connectivity index (χ2v) is 7.06. The van der Waals surface area contributed by atoms with Gasteiger partial charge in [-0.15, -0.1) is 0 Å². The Hall–Kier alpha value is -0.620. The highest BCUT2D eigenvalue weighted by atomic mass is 32.2. The Morgan fingerprint density at radius 1 is 1.24 bits per heavy atom. The molecule has 5 nitrogen and oxygen atoms in total. The molecule has 1 aliphatic heterocycles. The lowest BCUT2D eigenvalue weighted by atomic mass is 9.89. The van der Waals surface area contributed by atoms with E-state index < -0.39 is 15.3 Å². The SMILES string of the molecule is NS(=O)(=O)C1CC(=O)N(CC2CCCCC2)C1. The maximum absolute atomic E-state index is 11.7. The summed E-state index contributed by atoms with van der Waals surface area (Å²) in [6, 6.07) is 0. The summed E-state index contributed by atoms with van der Waals surface area (Å²) in [5.74, 6) is 0.488. The number of carbonyl (C=O) groups excluding carboxylic acids is 1. The second kappa shape index (κ2) is 4.94. The fraction of sp³-hybridized carbons (Fsp3) is 0.909. The fourth-order valence-electron chi connectivity index (χ4n) is 2.81. The van der Waals surface area contributed by atoms with E-state index in [1.54, 1.807) is 4.90 Å². The molecule has 1 aliphatic carbocycles. The molecule has 0 aromatic carbocycles. The molecule has 1 saturated heterocycles. The first-order chi connectivity index (χ1) is 7.97. The number of sulfonamides is 1. The topological polar surface area (TPSA) is 80.5 Å². The van der Waals surface area contributed by atoms with Crippen LogP contribution in [0.1, 0.15) is 38.5 Å². The van der Waals surface area contributed by atoms with Crippen LogP contribution in [0.25, 0.3) is 0 Å². The predicted molar refractivity (Wildman–Crippen MR) is 64.7 cm³/mol. The molecule has 98 valence electrons. The number of likely N-dealkylation sites (tertiary alicyclic amines) is 1. The molecule has 0 bridgehead atoms. The van der Waals surface area contributed by atoms with E-state index in [0.29, 0.717) is 12.5 Å². The van der Waals surface area contributed by atoms with E-state index >= 15 is 0 Å². The van der Waals surface area contributed by atoms with Gasteiger partial charge in [-0.2, -0.15) is 0 Å². The zero-order valence-electron chi connectivity index (χ0n) is 9.97. The van der Waals surface area contributed by atoms with Gasteiger partial charge < -0.3 is 4.90 Å². The molecule has 1 unspecified atom stereocenters. The first kappa shape index (κ1) is 12.8. The highest BCUT2D eigenvalue weighted by molar-refractivity contribution is 7.89. The number of primary sulfonamides is 1. The molecular formula is C11H20N2O3S. The molecule has 0 radical (unpaired) electrons. The van der Waals surface area contributed by atoms with Gasteiger partial charge in [0.25, 0.3) is 0 Å². The third-order valence-electron chi connectivity index (χ3n) is 3.85. The Morgan fingerprint density at radius 2 is 1.88 bits per heavy atom. The number of nitrogens with zero attached hydrogens (tertiary/aromatic N) is 1. The molecule has 2 fully saturated rings. The molecule has 2 aliphatic rings. The number of carbonyl (C=O) groups is 1. The van der Waals surface area contributed by atoms with Gasteiger partial charge in [0.05, 0.1) is 0 Å². The van der Waals surface area contributed by atoms with Gasteiger partial charge >= 0.3 is 0 Å². The van der Waals surface area contributed by atoms with Crippen LogP contribution in [0.4, 0.5) is 0 Å². The van der Waals surface area contributed by atoms with Gasteiger partial charge in [0.1, 0.15) is 5.25 Å². The number of hydrogen-bond acceptors (Lipinski definition) is 3. The summed E-state index contributed by atoms with van der Waals surface area (Å²) in [6.45, 7) is 0.999. The van der Waals surface area contributed by atoms with Gasteiger partial charge in [-0.3, -0.25) is 4.79 Å². The Morgan fingerprint density at radius 3 is 2.41 bits per heavy atom. The predicted octanol–water partition coefficient (Wildman–Crippen LogP) is 0.456. The van der Waals surface area contributed by atoms with Crippen LogP contribution in [-0.4, -0.2) is 37.6 Å². The lowest BCUT2D eigenvalue weighted by molar-refractivity contribution is -0.128. The molecule has 6 heteroatoms. The van der Waals surface area contributed by atoms with E-state index in [9.17, 15) is 13.2 Å². The third-order valence-corrected chi connectivity index (χ3v) is 5.09. The van der Waals surface area contributed by atoms with Crippen LogP contribution < -0.4 is 5.14 Å². The maximum atomic E-state index is 11.7. The van der Waals surface area contributed by atoms with Crippen LogP contribution in [-0.2, 0) is 14.8 Å². The van der Waals surface area contributed by atoms with Gasteiger partial charge in [0, 0.05) is 19.5 Å². The largest absolute Gasteiger partial charge is 0.341 e. The van der Waals surface area contributed by atoms with Crippen molar-refractivity contribution in [2.24, 2.45) is 11.1 Å². The van der Waals surface area contributed by atoms with E-state index in [1.807, 2.05) is 0 Å². The van der Waals surface area contributed by atoms with Crippen molar-refractivity contribution in [3.63, 3.8) is 0 Å². The van der Waals surface area contributed by atoms with Gasteiger partial charge in [-0.1, -0.05) is 19.3 Å². The minimum atomic E-state index is -3.57. The molecule has 2 N–H and O–H groups in total. The van der Waals surface area contributed by atoms with Gasteiger partial charge in [-0.25, -0.2) is 13.6 Å². The molecule has 0 aromatic heterocycles. The lowest BCUT2D eigenvalue weighted by Crippen LogP contribution is -2.35. The van der Waals surface area contributed by atoms with Crippen LogP contribution in [0.3, 0.4) is 0 Å². The third kappa shape index (κ3) is 3.19. The molecule has 2 rings (SSSR count). The van der Waals surface area contributed by atoms with Crippen LogP contribution in [0.2, 0.25) is 0 Å². The first-order valence-corrected chi connectivity index (χ1v) is 7.87. The Kier molecular flexibility index (Phi) is 3.73. The van der Waals surface area contributed by atoms with Crippen LogP contribution >= 0.6 is 0 Å². The van der Waals surface area contributed by atoms with Gasteiger partial charge in [0.2, 0.25) is 15.9 Å².